The van der Waals surface area contributed by atoms with E-state index in [0.29, 0.717) is 6.54 Å². The molecule has 1 N–H and O–H groups in total. The van der Waals surface area contributed by atoms with Crippen LogP contribution >= 0.6 is 0 Å². The summed E-state index contributed by atoms with van der Waals surface area (Å²) in [7, 11) is 3.65. The van der Waals surface area contributed by atoms with Crippen LogP contribution in [0, 0.1) is 0 Å². The summed E-state index contributed by atoms with van der Waals surface area (Å²) in [5.41, 5.74) is 2.16. The van der Waals surface area contributed by atoms with Gasteiger partial charge in [0.25, 0.3) is 0 Å². The highest BCUT2D eigenvalue weighted by Gasteiger charge is 2.11. The van der Waals surface area contributed by atoms with E-state index < -0.39 is 6.10 Å². The van der Waals surface area contributed by atoms with E-state index >= 15 is 0 Å². The molecule has 0 bridgehead atoms. The fraction of sp³-hybridized carbons (Fsp3) is 0.294. The van der Waals surface area contributed by atoms with Gasteiger partial charge in [0.1, 0.15) is 5.75 Å². The van der Waals surface area contributed by atoms with Crippen molar-refractivity contribution in [2.45, 2.75) is 12.6 Å². The second kappa shape index (κ2) is 7.08. The van der Waals surface area contributed by atoms with Crippen molar-refractivity contribution in [3.63, 3.8) is 0 Å². The number of aliphatic hydroxyl groups excluding tert-OH is 1. The molecular formula is C17H21NO2. The van der Waals surface area contributed by atoms with Crippen LogP contribution in [0.2, 0.25) is 0 Å². The second-order valence-corrected chi connectivity index (χ2v) is 4.97. The zero-order valence-electron chi connectivity index (χ0n) is 12.0. The summed E-state index contributed by atoms with van der Waals surface area (Å²) in [4.78, 5) is 2.12. The van der Waals surface area contributed by atoms with Crippen LogP contribution in [-0.2, 0) is 6.54 Å². The Hall–Kier alpha value is -1.84. The van der Waals surface area contributed by atoms with Crippen LogP contribution in [0.4, 0.5) is 0 Å². The first-order valence-corrected chi connectivity index (χ1v) is 6.73. The topological polar surface area (TPSA) is 32.7 Å². The number of rotatable bonds is 6. The molecule has 0 heterocycles. The molecule has 20 heavy (non-hydrogen) atoms. The average molecular weight is 271 g/mol. The minimum absolute atomic E-state index is 0.491. The molecule has 0 aliphatic carbocycles. The maximum atomic E-state index is 10.3. The quantitative estimate of drug-likeness (QED) is 0.877. The monoisotopic (exact) mass is 271 g/mol. The number of benzene rings is 2. The number of hydrogen-bond donors (Lipinski definition) is 1. The summed E-state index contributed by atoms with van der Waals surface area (Å²) in [5, 5.41) is 10.3. The number of nitrogens with zero attached hydrogens (tertiary/aromatic N) is 1. The summed E-state index contributed by atoms with van der Waals surface area (Å²) >= 11 is 0. The van der Waals surface area contributed by atoms with Crippen LogP contribution < -0.4 is 4.74 Å². The number of methoxy groups -OCH3 is 1. The van der Waals surface area contributed by atoms with E-state index in [2.05, 4.69) is 17.0 Å². The Bertz CT molecular complexity index is 510. The fourth-order valence-electron chi connectivity index (χ4n) is 2.19. The molecule has 3 heteroatoms. The Kier molecular flexibility index (Phi) is 5.16. The molecule has 0 fully saturated rings. The van der Waals surface area contributed by atoms with Gasteiger partial charge in [0.15, 0.2) is 0 Å². The largest absolute Gasteiger partial charge is 0.497 e. The Morgan fingerprint density at radius 1 is 1.05 bits per heavy atom. The maximum Gasteiger partial charge on any atom is 0.118 e. The standard InChI is InChI=1S/C17H21NO2/c1-18(12-14-6-4-3-5-7-14)13-17(19)15-8-10-16(20-2)11-9-15/h3-11,17,19H,12-13H2,1-2H3/t17-/m0/s1. The van der Waals surface area contributed by atoms with E-state index in [9.17, 15) is 5.11 Å². The number of ether oxygens (including phenoxy) is 1. The van der Waals surface area contributed by atoms with Crippen molar-refractivity contribution >= 4 is 0 Å². The average Bonchev–Trinajstić information content (AvgIpc) is 2.48. The van der Waals surface area contributed by atoms with Crippen LogP contribution in [0.1, 0.15) is 17.2 Å². The Morgan fingerprint density at radius 3 is 2.30 bits per heavy atom. The molecule has 106 valence electrons. The molecule has 0 saturated carbocycles. The Balaban J connectivity index is 1.91. The predicted molar refractivity (Wildman–Crippen MR) is 80.7 cm³/mol. The van der Waals surface area contributed by atoms with Gasteiger partial charge in [0.2, 0.25) is 0 Å². The molecule has 0 aliphatic rings. The summed E-state index contributed by atoms with van der Waals surface area (Å²) in [6, 6.07) is 17.8. The molecule has 0 radical (unpaired) electrons. The van der Waals surface area contributed by atoms with E-state index in [1.807, 2.05) is 49.5 Å². The highest BCUT2D eigenvalue weighted by molar-refractivity contribution is 5.28. The smallest absolute Gasteiger partial charge is 0.118 e. The zero-order chi connectivity index (χ0) is 14.4. The van der Waals surface area contributed by atoms with Crippen LogP contribution in [0.15, 0.2) is 54.6 Å². The van der Waals surface area contributed by atoms with Crippen molar-refractivity contribution in [3.8, 4) is 5.75 Å². The SMILES string of the molecule is COc1ccc([C@@H](O)CN(C)Cc2ccccc2)cc1. The van der Waals surface area contributed by atoms with E-state index in [0.717, 1.165) is 17.9 Å². The fourth-order valence-corrected chi connectivity index (χ4v) is 2.19. The normalized spacial score (nSPS) is 12.4. The van der Waals surface area contributed by atoms with Crippen molar-refractivity contribution < 1.29 is 9.84 Å². The summed E-state index contributed by atoms with van der Waals surface area (Å²) in [6.45, 7) is 1.43. The van der Waals surface area contributed by atoms with E-state index in [-0.39, 0.29) is 0 Å². The first-order valence-electron chi connectivity index (χ1n) is 6.73. The molecule has 0 unspecified atom stereocenters. The van der Waals surface area contributed by atoms with Gasteiger partial charge in [0.05, 0.1) is 13.2 Å². The molecule has 2 rings (SSSR count). The van der Waals surface area contributed by atoms with Gasteiger partial charge in [-0.25, -0.2) is 0 Å². The van der Waals surface area contributed by atoms with Crippen LogP contribution in [-0.4, -0.2) is 30.7 Å². The third-order valence-corrected chi connectivity index (χ3v) is 3.28. The first kappa shape index (κ1) is 14.6. The molecular weight excluding hydrogens is 250 g/mol. The van der Waals surface area contributed by atoms with Gasteiger partial charge in [-0.1, -0.05) is 42.5 Å². The number of likely N-dealkylation sites (N-methyl/N-ethyl adjacent to an activating group) is 1. The lowest BCUT2D eigenvalue weighted by atomic mass is 10.1. The highest BCUT2D eigenvalue weighted by Crippen LogP contribution is 2.18. The van der Waals surface area contributed by atoms with Gasteiger partial charge in [-0.3, -0.25) is 4.90 Å². The van der Waals surface area contributed by atoms with E-state index in [1.165, 1.54) is 5.56 Å². The molecule has 2 aromatic carbocycles. The van der Waals surface area contributed by atoms with Gasteiger partial charge < -0.3 is 9.84 Å². The summed E-state index contributed by atoms with van der Waals surface area (Å²) in [6.07, 6.45) is -0.491. The van der Waals surface area contributed by atoms with Gasteiger partial charge in [-0.2, -0.15) is 0 Å². The lowest BCUT2D eigenvalue weighted by Crippen LogP contribution is -2.24. The Labute approximate surface area is 120 Å². The van der Waals surface area contributed by atoms with E-state index in [1.54, 1.807) is 7.11 Å². The molecule has 0 spiro atoms. The Morgan fingerprint density at radius 2 is 1.70 bits per heavy atom. The van der Waals surface area contributed by atoms with Gasteiger partial charge in [-0.05, 0) is 30.3 Å². The van der Waals surface area contributed by atoms with Gasteiger partial charge in [-0.15, -0.1) is 0 Å². The minimum atomic E-state index is -0.491. The van der Waals surface area contributed by atoms with Crippen molar-refractivity contribution in [2.75, 3.05) is 20.7 Å². The third kappa shape index (κ3) is 4.08. The van der Waals surface area contributed by atoms with Crippen molar-refractivity contribution in [1.29, 1.82) is 0 Å². The molecule has 3 nitrogen and oxygen atoms in total. The van der Waals surface area contributed by atoms with Crippen molar-refractivity contribution in [1.82, 2.24) is 4.90 Å². The summed E-state index contributed by atoms with van der Waals surface area (Å²) < 4.78 is 5.12. The summed E-state index contributed by atoms with van der Waals surface area (Å²) in [5.74, 6) is 0.804. The molecule has 0 saturated heterocycles. The minimum Gasteiger partial charge on any atom is -0.497 e. The van der Waals surface area contributed by atoms with Crippen molar-refractivity contribution in [2.24, 2.45) is 0 Å². The van der Waals surface area contributed by atoms with E-state index in [4.69, 9.17) is 4.74 Å². The molecule has 0 aliphatic heterocycles. The van der Waals surface area contributed by atoms with Crippen LogP contribution in [0.3, 0.4) is 0 Å². The number of aliphatic hydroxyl groups is 1. The molecule has 1 atom stereocenters. The van der Waals surface area contributed by atoms with Crippen LogP contribution in [0.5, 0.6) is 5.75 Å². The number of hydrogen-bond acceptors (Lipinski definition) is 3. The second-order valence-electron chi connectivity index (χ2n) is 4.97. The maximum absolute atomic E-state index is 10.3. The third-order valence-electron chi connectivity index (χ3n) is 3.28. The molecule has 0 amide bonds. The van der Waals surface area contributed by atoms with Crippen molar-refractivity contribution in [3.05, 3.63) is 65.7 Å². The first-order chi connectivity index (χ1) is 9.69. The van der Waals surface area contributed by atoms with Crippen LogP contribution in [0.25, 0.3) is 0 Å². The van der Waals surface area contributed by atoms with Gasteiger partial charge >= 0.3 is 0 Å². The van der Waals surface area contributed by atoms with Gasteiger partial charge in [0, 0.05) is 13.1 Å². The highest BCUT2D eigenvalue weighted by atomic mass is 16.5. The zero-order valence-corrected chi connectivity index (χ0v) is 12.0. The predicted octanol–water partition coefficient (Wildman–Crippen LogP) is 2.86. The molecule has 2 aromatic rings. The lowest BCUT2D eigenvalue weighted by molar-refractivity contribution is 0.124. The molecule has 0 aromatic heterocycles. The lowest BCUT2D eigenvalue weighted by Gasteiger charge is -2.21.